The van der Waals surface area contributed by atoms with Gasteiger partial charge in [-0.3, -0.25) is 4.90 Å². The Bertz CT molecular complexity index is 487. The Kier molecular flexibility index (Phi) is 6.08. The minimum Gasteiger partial charge on any atom is -0.373 e. The third-order valence-corrected chi connectivity index (χ3v) is 4.65. The summed E-state index contributed by atoms with van der Waals surface area (Å²) in [6, 6.07) is 8.21. The molecule has 0 N–H and O–H groups in total. The fraction of sp³-hybridized carbons (Fsp3) is 0.579. The fourth-order valence-electron chi connectivity index (χ4n) is 3.23. The zero-order chi connectivity index (χ0) is 16.3. The van der Waals surface area contributed by atoms with Crippen molar-refractivity contribution in [2.75, 3.05) is 19.6 Å². The first kappa shape index (κ1) is 17.5. The molecule has 1 aromatic rings. The van der Waals surface area contributed by atoms with Crippen LogP contribution in [0.4, 0.5) is 0 Å². The van der Waals surface area contributed by atoms with Gasteiger partial charge in [-0.1, -0.05) is 49.7 Å². The lowest BCUT2D eigenvalue weighted by molar-refractivity contribution is -0.0687. The largest absolute Gasteiger partial charge is 0.373 e. The van der Waals surface area contributed by atoms with Crippen molar-refractivity contribution in [1.29, 1.82) is 0 Å². The number of morpholine rings is 1. The molecule has 1 aliphatic rings. The average molecular weight is 322 g/mol. The normalized spacial score (nSPS) is 24.5. The summed E-state index contributed by atoms with van der Waals surface area (Å²) in [7, 11) is 0. The molecule has 1 heterocycles. The van der Waals surface area contributed by atoms with Crippen LogP contribution in [0.2, 0.25) is 5.02 Å². The van der Waals surface area contributed by atoms with E-state index in [0.717, 1.165) is 24.7 Å². The second kappa shape index (κ2) is 7.63. The Morgan fingerprint density at radius 3 is 2.27 bits per heavy atom. The van der Waals surface area contributed by atoms with Crippen LogP contribution in [0.15, 0.2) is 36.4 Å². The highest BCUT2D eigenvalue weighted by Crippen LogP contribution is 2.31. The Balaban J connectivity index is 2.17. The summed E-state index contributed by atoms with van der Waals surface area (Å²) in [5, 5.41) is 0.784. The van der Waals surface area contributed by atoms with Gasteiger partial charge in [-0.25, -0.2) is 0 Å². The molecule has 0 amide bonds. The highest BCUT2D eigenvalue weighted by molar-refractivity contribution is 6.30. The SMILES string of the molecule is C=C(C(C)C)[C@@H](CN1C[C@@H](C)O[C@@H](C)C1)c1ccc(Cl)cc1. The summed E-state index contributed by atoms with van der Waals surface area (Å²) < 4.78 is 5.85. The Morgan fingerprint density at radius 2 is 1.77 bits per heavy atom. The molecular weight excluding hydrogens is 294 g/mol. The predicted octanol–water partition coefficient (Wildman–Crippen LogP) is 4.75. The van der Waals surface area contributed by atoms with Gasteiger partial charge in [-0.05, 0) is 37.5 Å². The van der Waals surface area contributed by atoms with E-state index in [1.165, 1.54) is 11.1 Å². The number of rotatable bonds is 5. The lowest BCUT2D eigenvalue weighted by Crippen LogP contribution is -2.47. The molecule has 3 atom stereocenters. The van der Waals surface area contributed by atoms with Gasteiger partial charge in [0, 0.05) is 30.6 Å². The van der Waals surface area contributed by atoms with E-state index >= 15 is 0 Å². The van der Waals surface area contributed by atoms with E-state index < -0.39 is 0 Å². The van der Waals surface area contributed by atoms with Gasteiger partial charge < -0.3 is 4.74 Å². The molecule has 3 heteroatoms. The van der Waals surface area contributed by atoms with E-state index in [-0.39, 0.29) is 0 Å². The van der Waals surface area contributed by atoms with E-state index in [0.29, 0.717) is 24.0 Å². The molecule has 1 aliphatic heterocycles. The molecular formula is C19H28ClNO. The first-order valence-electron chi connectivity index (χ1n) is 8.18. The molecule has 0 radical (unpaired) electrons. The summed E-state index contributed by atoms with van der Waals surface area (Å²) in [4.78, 5) is 2.51. The smallest absolute Gasteiger partial charge is 0.0678 e. The number of ether oxygens (including phenoxy) is 1. The third-order valence-electron chi connectivity index (χ3n) is 4.40. The molecule has 1 aromatic carbocycles. The number of hydrogen-bond donors (Lipinski definition) is 0. The van der Waals surface area contributed by atoms with Gasteiger partial charge in [0.15, 0.2) is 0 Å². The molecule has 1 saturated heterocycles. The molecule has 1 fully saturated rings. The van der Waals surface area contributed by atoms with Crippen molar-refractivity contribution in [3.8, 4) is 0 Å². The Hall–Kier alpha value is -0.830. The summed E-state index contributed by atoms with van der Waals surface area (Å²) in [6.07, 6.45) is 0.587. The van der Waals surface area contributed by atoms with Crippen LogP contribution in [-0.2, 0) is 4.74 Å². The van der Waals surface area contributed by atoms with Crippen LogP contribution in [-0.4, -0.2) is 36.7 Å². The molecule has 0 saturated carbocycles. The van der Waals surface area contributed by atoms with Gasteiger partial charge in [0.25, 0.3) is 0 Å². The zero-order valence-corrected chi connectivity index (χ0v) is 14.9. The maximum atomic E-state index is 6.04. The van der Waals surface area contributed by atoms with E-state index in [1.807, 2.05) is 12.1 Å². The van der Waals surface area contributed by atoms with Gasteiger partial charge >= 0.3 is 0 Å². The Labute approximate surface area is 140 Å². The maximum absolute atomic E-state index is 6.04. The second-order valence-electron chi connectivity index (χ2n) is 6.81. The number of nitrogens with zero attached hydrogens (tertiary/aromatic N) is 1. The Morgan fingerprint density at radius 1 is 1.23 bits per heavy atom. The van der Waals surface area contributed by atoms with E-state index in [9.17, 15) is 0 Å². The molecule has 2 rings (SSSR count). The van der Waals surface area contributed by atoms with Crippen molar-refractivity contribution < 1.29 is 4.74 Å². The molecule has 0 spiro atoms. The zero-order valence-electron chi connectivity index (χ0n) is 14.2. The monoisotopic (exact) mass is 321 g/mol. The van der Waals surface area contributed by atoms with Crippen LogP contribution in [0.3, 0.4) is 0 Å². The lowest BCUT2D eigenvalue weighted by atomic mass is 9.85. The minimum absolute atomic E-state index is 0.293. The highest BCUT2D eigenvalue weighted by Gasteiger charge is 2.26. The summed E-state index contributed by atoms with van der Waals surface area (Å²) >= 11 is 6.04. The molecule has 22 heavy (non-hydrogen) atoms. The van der Waals surface area contributed by atoms with Gasteiger partial charge in [-0.2, -0.15) is 0 Å². The number of hydrogen-bond acceptors (Lipinski definition) is 2. The number of benzene rings is 1. The predicted molar refractivity (Wildman–Crippen MR) is 94.6 cm³/mol. The van der Waals surface area contributed by atoms with Crippen LogP contribution in [0.25, 0.3) is 0 Å². The highest BCUT2D eigenvalue weighted by atomic mass is 35.5. The van der Waals surface area contributed by atoms with Crippen LogP contribution in [0.1, 0.15) is 39.2 Å². The quantitative estimate of drug-likeness (QED) is 0.726. The summed E-state index contributed by atoms with van der Waals surface area (Å²) in [5.74, 6) is 0.811. The summed E-state index contributed by atoms with van der Waals surface area (Å²) in [5.41, 5.74) is 2.59. The first-order valence-corrected chi connectivity index (χ1v) is 8.56. The molecule has 0 bridgehead atoms. The van der Waals surface area contributed by atoms with Crippen molar-refractivity contribution in [2.45, 2.75) is 45.8 Å². The first-order chi connectivity index (χ1) is 10.4. The summed E-state index contributed by atoms with van der Waals surface area (Å²) in [6.45, 7) is 16.1. The van der Waals surface area contributed by atoms with Crippen LogP contribution < -0.4 is 0 Å². The van der Waals surface area contributed by atoms with Crippen molar-refractivity contribution in [3.05, 3.63) is 47.0 Å². The van der Waals surface area contributed by atoms with Crippen molar-refractivity contribution in [3.63, 3.8) is 0 Å². The van der Waals surface area contributed by atoms with Gasteiger partial charge in [0.05, 0.1) is 12.2 Å². The fourth-order valence-corrected chi connectivity index (χ4v) is 3.35. The van der Waals surface area contributed by atoms with Crippen molar-refractivity contribution in [1.82, 2.24) is 4.90 Å². The van der Waals surface area contributed by atoms with E-state index in [1.54, 1.807) is 0 Å². The molecule has 122 valence electrons. The van der Waals surface area contributed by atoms with Gasteiger partial charge in [-0.15, -0.1) is 0 Å². The molecule has 0 aromatic heterocycles. The van der Waals surface area contributed by atoms with Crippen LogP contribution >= 0.6 is 11.6 Å². The maximum Gasteiger partial charge on any atom is 0.0678 e. The molecule has 0 unspecified atom stereocenters. The molecule has 2 nitrogen and oxygen atoms in total. The molecule has 0 aliphatic carbocycles. The standard InChI is InChI=1S/C19H28ClNO/c1-13(2)16(5)19(17-6-8-18(20)9-7-17)12-21-10-14(3)22-15(4)11-21/h6-9,13-15,19H,5,10-12H2,1-4H3/t14-,15+,19-/m1/s1. The topological polar surface area (TPSA) is 12.5 Å². The minimum atomic E-state index is 0.293. The van der Waals surface area contributed by atoms with Gasteiger partial charge in [0.2, 0.25) is 0 Å². The van der Waals surface area contributed by atoms with Gasteiger partial charge in [0.1, 0.15) is 0 Å². The van der Waals surface area contributed by atoms with E-state index in [2.05, 4.69) is 51.3 Å². The average Bonchev–Trinajstić information content (AvgIpc) is 2.44. The van der Waals surface area contributed by atoms with E-state index in [4.69, 9.17) is 16.3 Å². The second-order valence-corrected chi connectivity index (χ2v) is 7.25. The van der Waals surface area contributed by atoms with Crippen LogP contribution in [0.5, 0.6) is 0 Å². The number of halogens is 1. The van der Waals surface area contributed by atoms with Crippen molar-refractivity contribution in [2.24, 2.45) is 5.92 Å². The van der Waals surface area contributed by atoms with Crippen molar-refractivity contribution >= 4 is 11.6 Å². The lowest BCUT2D eigenvalue weighted by Gasteiger charge is -2.38. The van der Waals surface area contributed by atoms with Crippen LogP contribution in [0, 0.1) is 5.92 Å². The third kappa shape index (κ3) is 4.58.